The van der Waals surface area contributed by atoms with Crippen molar-refractivity contribution < 1.29 is 37.3 Å². The van der Waals surface area contributed by atoms with E-state index < -0.39 is 12.1 Å². The average Bonchev–Trinajstić information content (AvgIpc) is 3.44. The summed E-state index contributed by atoms with van der Waals surface area (Å²) in [5, 5.41) is 20.4. The molecule has 4 N–H and O–H groups in total. The number of fused-ring (bicyclic) bond motifs is 1. The lowest BCUT2D eigenvalue weighted by atomic mass is 9.95. The van der Waals surface area contributed by atoms with Crippen LogP contribution in [0.4, 0.5) is 18.9 Å². The number of hydrogen-bond acceptors (Lipinski definition) is 7. The van der Waals surface area contributed by atoms with Crippen LogP contribution in [-0.4, -0.2) is 78.2 Å². The minimum Gasteiger partial charge on any atom is -0.494 e. The van der Waals surface area contributed by atoms with Crippen molar-refractivity contribution in [2.24, 2.45) is 0 Å². The van der Waals surface area contributed by atoms with Crippen molar-refractivity contribution in [2.75, 3.05) is 39.2 Å². The highest BCUT2D eigenvalue weighted by Crippen LogP contribution is 2.31. The summed E-state index contributed by atoms with van der Waals surface area (Å²) in [5.74, 6) is -1.37. The summed E-state index contributed by atoms with van der Waals surface area (Å²) in [5.41, 5.74) is 4.91. The summed E-state index contributed by atoms with van der Waals surface area (Å²) in [6, 6.07) is 11.5. The Labute approximate surface area is 229 Å². The molecule has 1 amide bonds. The molecule has 3 aromatic rings. The average molecular weight is 564 g/mol. The largest absolute Gasteiger partial charge is 0.494 e. The fraction of sp³-hybridized carbons (Fsp3) is 0.370. The van der Waals surface area contributed by atoms with Crippen molar-refractivity contribution in [3.8, 4) is 22.6 Å². The molecular formula is C27H32F3N5O5. The lowest BCUT2D eigenvalue weighted by Crippen LogP contribution is -2.44. The van der Waals surface area contributed by atoms with Crippen molar-refractivity contribution >= 4 is 17.6 Å². The Morgan fingerprint density at radius 2 is 1.88 bits per heavy atom. The normalized spacial score (nSPS) is 14.5. The summed E-state index contributed by atoms with van der Waals surface area (Å²) >= 11 is 0. The monoisotopic (exact) mass is 563 g/mol. The van der Waals surface area contributed by atoms with Crippen LogP contribution in [0.5, 0.6) is 11.5 Å². The molecule has 1 unspecified atom stereocenters. The second-order valence-corrected chi connectivity index (χ2v) is 9.14. The highest BCUT2D eigenvalue weighted by atomic mass is 19.4. The molecular weight excluding hydrogens is 531 g/mol. The summed E-state index contributed by atoms with van der Waals surface area (Å²) in [4.78, 5) is 24.1. The molecule has 2 heterocycles. The maximum atomic E-state index is 13.2. The molecule has 13 heteroatoms. The van der Waals surface area contributed by atoms with E-state index in [0.29, 0.717) is 37.6 Å². The molecule has 4 rings (SSSR count). The number of nitrogens with zero attached hydrogens (tertiary/aromatic N) is 2. The van der Waals surface area contributed by atoms with Gasteiger partial charge in [0.25, 0.3) is 0 Å². The number of ether oxygens (including phenoxy) is 2. The number of aliphatic carboxylic acids is 1. The predicted molar refractivity (Wildman–Crippen MR) is 142 cm³/mol. The zero-order valence-corrected chi connectivity index (χ0v) is 22.3. The molecule has 0 spiro atoms. The minimum atomic E-state index is -5.08. The van der Waals surface area contributed by atoms with Gasteiger partial charge in [-0.15, -0.1) is 0 Å². The van der Waals surface area contributed by atoms with Crippen molar-refractivity contribution in [3.63, 3.8) is 0 Å². The van der Waals surface area contributed by atoms with Crippen LogP contribution in [0.15, 0.2) is 48.8 Å². The van der Waals surface area contributed by atoms with Gasteiger partial charge in [0.2, 0.25) is 5.91 Å². The van der Waals surface area contributed by atoms with E-state index in [1.165, 1.54) is 5.56 Å². The van der Waals surface area contributed by atoms with Crippen LogP contribution >= 0.6 is 0 Å². The Bertz CT molecular complexity index is 1280. The zero-order chi connectivity index (χ0) is 29.3. The maximum absolute atomic E-state index is 13.2. The van der Waals surface area contributed by atoms with Gasteiger partial charge in [-0.25, -0.2) is 4.79 Å². The number of likely N-dealkylation sites (N-methyl/N-ethyl adjacent to an activating group) is 1. The molecule has 1 atom stereocenters. The van der Waals surface area contributed by atoms with E-state index >= 15 is 0 Å². The number of H-pyrrole nitrogens is 1. The number of carboxylic acid groups (broad SMARTS) is 1. The quantitative estimate of drug-likeness (QED) is 0.310. The Hall–Kier alpha value is -4.10. The first-order valence-corrected chi connectivity index (χ1v) is 12.5. The van der Waals surface area contributed by atoms with Gasteiger partial charge < -0.3 is 30.1 Å². The molecule has 0 saturated heterocycles. The molecule has 0 fully saturated rings. The molecule has 1 aromatic heterocycles. The van der Waals surface area contributed by atoms with Crippen LogP contribution in [0.25, 0.3) is 11.1 Å². The first-order valence-electron chi connectivity index (χ1n) is 12.5. The number of carboxylic acids is 1. The molecule has 2 aromatic carbocycles. The predicted octanol–water partition coefficient (Wildman–Crippen LogP) is 3.70. The smallest absolute Gasteiger partial charge is 0.490 e. The number of amides is 1. The fourth-order valence-electron chi connectivity index (χ4n) is 3.82. The van der Waals surface area contributed by atoms with Gasteiger partial charge in [0.15, 0.2) is 0 Å². The number of alkyl halides is 3. The Morgan fingerprint density at radius 1 is 1.12 bits per heavy atom. The van der Waals surface area contributed by atoms with Crippen LogP contribution in [-0.2, 0) is 22.6 Å². The SMILES string of the molecule is CCOc1ccc2c(c1)CC(C(=O)Nc1ccc(-c3cn[nH]c3)cc1OCCN(C)C)NC2.O=C(O)C(F)(F)F. The van der Waals surface area contributed by atoms with E-state index in [9.17, 15) is 18.0 Å². The summed E-state index contributed by atoms with van der Waals surface area (Å²) in [6.07, 6.45) is -0.889. The Morgan fingerprint density at radius 3 is 2.50 bits per heavy atom. The second-order valence-electron chi connectivity index (χ2n) is 9.14. The van der Waals surface area contributed by atoms with Crippen LogP contribution in [0.3, 0.4) is 0 Å². The van der Waals surface area contributed by atoms with Crippen molar-refractivity contribution in [2.45, 2.75) is 32.1 Å². The number of carbonyl (C=O) groups excluding carboxylic acids is 1. The number of aromatic amines is 1. The van der Waals surface area contributed by atoms with E-state index in [2.05, 4.69) is 31.8 Å². The van der Waals surface area contributed by atoms with Crippen LogP contribution < -0.4 is 20.1 Å². The fourth-order valence-corrected chi connectivity index (χ4v) is 3.82. The Balaban J connectivity index is 0.000000559. The standard InChI is InChI=1S/C25H31N5O3.C2HF3O2/c1-4-32-21-7-5-18-14-26-23(12-19(18)11-21)25(31)29-22-8-6-17(20-15-27-28-16-20)13-24(22)33-10-9-30(2)3;3-2(4,5)1(6)7/h5-8,11,13,15-16,23,26H,4,9-10,12,14H2,1-3H3,(H,27,28)(H,29,31);(H,6,7). The van der Waals surface area contributed by atoms with Crippen molar-refractivity contribution in [3.05, 3.63) is 59.9 Å². The van der Waals surface area contributed by atoms with Crippen molar-refractivity contribution in [1.82, 2.24) is 20.4 Å². The molecule has 40 heavy (non-hydrogen) atoms. The third kappa shape index (κ3) is 8.71. The van der Waals surface area contributed by atoms with Gasteiger partial charge >= 0.3 is 12.1 Å². The third-order valence-electron chi connectivity index (χ3n) is 5.88. The van der Waals surface area contributed by atoms with Gasteiger partial charge in [0.05, 0.1) is 24.5 Å². The van der Waals surface area contributed by atoms with Gasteiger partial charge in [-0.1, -0.05) is 12.1 Å². The number of hydrogen-bond donors (Lipinski definition) is 4. The molecule has 0 radical (unpaired) electrons. The minimum absolute atomic E-state index is 0.0871. The van der Waals surface area contributed by atoms with Crippen LogP contribution in [0.1, 0.15) is 18.1 Å². The molecule has 216 valence electrons. The lowest BCUT2D eigenvalue weighted by Gasteiger charge is -2.26. The van der Waals surface area contributed by atoms with Gasteiger partial charge in [0.1, 0.15) is 18.1 Å². The second kappa shape index (κ2) is 13.8. The molecule has 0 saturated carbocycles. The van der Waals surface area contributed by atoms with E-state index in [4.69, 9.17) is 19.4 Å². The summed E-state index contributed by atoms with van der Waals surface area (Å²) in [7, 11) is 4.00. The number of aromatic nitrogens is 2. The number of carbonyl (C=O) groups is 2. The lowest BCUT2D eigenvalue weighted by molar-refractivity contribution is -0.192. The Kier molecular flexibility index (Phi) is 10.5. The summed E-state index contributed by atoms with van der Waals surface area (Å²) in [6.45, 7) is 4.51. The molecule has 1 aliphatic heterocycles. The van der Waals surface area contributed by atoms with Crippen LogP contribution in [0, 0.1) is 0 Å². The number of halogens is 3. The van der Waals surface area contributed by atoms with E-state index in [0.717, 1.165) is 29.0 Å². The topological polar surface area (TPSA) is 129 Å². The highest BCUT2D eigenvalue weighted by molar-refractivity contribution is 5.97. The maximum Gasteiger partial charge on any atom is 0.490 e. The number of nitrogens with one attached hydrogen (secondary N) is 3. The number of rotatable bonds is 9. The first-order chi connectivity index (χ1) is 19.0. The molecule has 0 bridgehead atoms. The van der Waals surface area contributed by atoms with E-state index in [-0.39, 0.29) is 11.9 Å². The van der Waals surface area contributed by atoms with Gasteiger partial charge in [0, 0.05) is 24.8 Å². The highest BCUT2D eigenvalue weighted by Gasteiger charge is 2.38. The van der Waals surface area contributed by atoms with E-state index in [1.54, 1.807) is 6.20 Å². The van der Waals surface area contributed by atoms with Gasteiger partial charge in [-0.3, -0.25) is 9.89 Å². The number of benzene rings is 2. The van der Waals surface area contributed by atoms with E-state index in [1.807, 2.05) is 57.5 Å². The van der Waals surface area contributed by atoms with Gasteiger partial charge in [-0.05, 0) is 68.4 Å². The zero-order valence-electron chi connectivity index (χ0n) is 22.3. The number of anilines is 1. The van der Waals surface area contributed by atoms with Gasteiger partial charge in [-0.2, -0.15) is 18.3 Å². The van der Waals surface area contributed by atoms with Crippen molar-refractivity contribution in [1.29, 1.82) is 0 Å². The summed E-state index contributed by atoms with van der Waals surface area (Å²) < 4.78 is 43.4. The molecule has 10 nitrogen and oxygen atoms in total. The first kappa shape index (κ1) is 30.4. The molecule has 0 aliphatic carbocycles. The third-order valence-corrected chi connectivity index (χ3v) is 5.88. The van der Waals surface area contributed by atoms with Crippen LogP contribution in [0.2, 0.25) is 0 Å². The molecule has 1 aliphatic rings.